The van der Waals surface area contributed by atoms with Crippen molar-refractivity contribution in [3.05, 3.63) is 24.3 Å². The quantitative estimate of drug-likeness (QED) is 0.431. The summed E-state index contributed by atoms with van der Waals surface area (Å²) in [6.45, 7) is 0. The van der Waals surface area contributed by atoms with E-state index in [0.717, 1.165) is 18.3 Å². The van der Waals surface area contributed by atoms with E-state index in [2.05, 4.69) is 24.3 Å². The van der Waals surface area contributed by atoms with E-state index in [4.69, 9.17) is 0 Å². The maximum Gasteiger partial charge on any atom is -0.0169 e. The molecular formula is C9H12. The highest BCUT2D eigenvalue weighted by molar-refractivity contribution is 5.10. The summed E-state index contributed by atoms with van der Waals surface area (Å²) < 4.78 is 0. The van der Waals surface area contributed by atoms with Crippen LogP contribution in [0.2, 0.25) is 0 Å². The van der Waals surface area contributed by atoms with Crippen molar-refractivity contribution in [2.24, 2.45) is 11.8 Å². The van der Waals surface area contributed by atoms with Gasteiger partial charge in [0.15, 0.2) is 0 Å². The maximum atomic E-state index is 2.38. The predicted molar refractivity (Wildman–Crippen MR) is 39.1 cm³/mol. The fourth-order valence-corrected chi connectivity index (χ4v) is 1.61. The topological polar surface area (TPSA) is 0 Å². The van der Waals surface area contributed by atoms with Crippen molar-refractivity contribution in [3.63, 3.8) is 0 Å². The molecule has 2 rings (SSSR count). The van der Waals surface area contributed by atoms with Gasteiger partial charge in [0.25, 0.3) is 0 Å². The molecule has 0 heterocycles. The summed E-state index contributed by atoms with van der Waals surface area (Å²) in [5, 5.41) is 0. The van der Waals surface area contributed by atoms with E-state index in [1.165, 1.54) is 12.8 Å². The Hall–Kier alpha value is -0.520. The highest BCUT2D eigenvalue weighted by atomic mass is 14.3. The van der Waals surface area contributed by atoms with Crippen molar-refractivity contribution < 1.29 is 0 Å². The molecule has 0 aromatic heterocycles. The molecule has 0 bridgehead atoms. The van der Waals surface area contributed by atoms with E-state index in [0.29, 0.717) is 0 Å². The van der Waals surface area contributed by atoms with Crippen molar-refractivity contribution in [1.82, 2.24) is 0 Å². The minimum absolute atomic E-state index is 0.906. The number of allylic oxidation sites excluding steroid dienone is 4. The Morgan fingerprint density at radius 2 is 1.44 bits per heavy atom. The molecule has 48 valence electrons. The molecule has 1 fully saturated rings. The monoisotopic (exact) mass is 120 g/mol. The highest BCUT2D eigenvalue weighted by Crippen LogP contribution is 2.37. The lowest BCUT2D eigenvalue weighted by Crippen LogP contribution is -2.20. The van der Waals surface area contributed by atoms with E-state index < -0.39 is 0 Å². The summed E-state index contributed by atoms with van der Waals surface area (Å²) in [6, 6.07) is 0. The molecular weight excluding hydrogens is 108 g/mol. The second kappa shape index (κ2) is 2.02. The lowest BCUT2D eigenvalue weighted by atomic mass is 9.74. The second-order valence-electron chi connectivity index (χ2n) is 3.00. The van der Waals surface area contributed by atoms with Gasteiger partial charge in [0.2, 0.25) is 0 Å². The molecule has 0 saturated heterocycles. The van der Waals surface area contributed by atoms with Crippen LogP contribution in [0, 0.1) is 11.8 Å². The Balaban J connectivity index is 2.14. The van der Waals surface area contributed by atoms with E-state index in [9.17, 15) is 0 Å². The smallest absolute Gasteiger partial charge is 0.0169 e. The van der Waals surface area contributed by atoms with E-state index in [1.807, 2.05) is 0 Å². The van der Waals surface area contributed by atoms with Gasteiger partial charge in [-0.25, -0.2) is 0 Å². The van der Waals surface area contributed by atoms with Crippen LogP contribution < -0.4 is 0 Å². The van der Waals surface area contributed by atoms with Crippen LogP contribution in [-0.4, -0.2) is 0 Å². The number of fused-ring (bicyclic) bond motifs is 1. The summed E-state index contributed by atoms with van der Waals surface area (Å²) in [7, 11) is 0. The molecule has 0 aliphatic heterocycles. The molecule has 2 unspecified atom stereocenters. The van der Waals surface area contributed by atoms with Gasteiger partial charge in [0.1, 0.15) is 0 Å². The van der Waals surface area contributed by atoms with Crippen molar-refractivity contribution in [2.75, 3.05) is 0 Å². The van der Waals surface area contributed by atoms with Gasteiger partial charge >= 0.3 is 0 Å². The minimum atomic E-state index is 0.906. The molecule has 0 radical (unpaired) electrons. The molecule has 9 heavy (non-hydrogen) atoms. The minimum Gasteiger partial charge on any atom is -0.0845 e. The van der Waals surface area contributed by atoms with Crippen LogP contribution in [0.4, 0.5) is 0 Å². The Morgan fingerprint density at radius 1 is 0.889 bits per heavy atom. The van der Waals surface area contributed by atoms with Crippen LogP contribution in [0.5, 0.6) is 0 Å². The molecule has 2 aliphatic rings. The molecule has 0 aromatic rings. The van der Waals surface area contributed by atoms with E-state index >= 15 is 0 Å². The molecule has 0 heteroatoms. The van der Waals surface area contributed by atoms with Gasteiger partial charge < -0.3 is 0 Å². The third-order valence-electron chi connectivity index (χ3n) is 2.42. The Morgan fingerprint density at radius 3 is 1.89 bits per heavy atom. The zero-order valence-electron chi connectivity index (χ0n) is 5.59. The molecule has 1 saturated carbocycles. The molecule has 0 aromatic carbocycles. The largest absolute Gasteiger partial charge is 0.0845 e. The Kier molecular flexibility index (Phi) is 1.18. The number of rotatable bonds is 0. The SMILES string of the molecule is C1=CC2CCC2C=CC1. The van der Waals surface area contributed by atoms with Crippen molar-refractivity contribution >= 4 is 0 Å². The summed E-state index contributed by atoms with van der Waals surface area (Å²) in [5.41, 5.74) is 0. The average Bonchev–Trinajstić information content (AvgIpc) is 1.94. The molecule has 0 spiro atoms. The molecule has 0 N–H and O–H groups in total. The zero-order chi connectivity index (χ0) is 6.10. The Bertz CT molecular complexity index is 135. The normalized spacial score (nSPS) is 39.1. The molecule has 0 amide bonds. The summed E-state index contributed by atoms with van der Waals surface area (Å²) in [6.07, 6.45) is 13.4. The van der Waals surface area contributed by atoms with E-state index in [1.54, 1.807) is 0 Å². The standard InChI is InChI=1S/C9H12/c1-2-4-8-6-7-9(8)5-3-1/h2-5,8-9H,1,6-7H2. The Labute approximate surface area is 56.3 Å². The first-order valence-corrected chi connectivity index (χ1v) is 3.80. The second-order valence-corrected chi connectivity index (χ2v) is 3.00. The van der Waals surface area contributed by atoms with Crippen LogP contribution >= 0.6 is 0 Å². The average molecular weight is 120 g/mol. The lowest BCUT2D eigenvalue weighted by molar-refractivity contribution is 0.287. The van der Waals surface area contributed by atoms with Crippen LogP contribution in [-0.2, 0) is 0 Å². The fourth-order valence-electron chi connectivity index (χ4n) is 1.61. The zero-order valence-corrected chi connectivity index (χ0v) is 5.59. The fraction of sp³-hybridized carbons (Fsp3) is 0.556. The first kappa shape index (κ1) is 5.28. The van der Waals surface area contributed by atoms with Gasteiger partial charge in [-0.2, -0.15) is 0 Å². The van der Waals surface area contributed by atoms with Gasteiger partial charge in [-0.1, -0.05) is 24.3 Å². The summed E-state index contributed by atoms with van der Waals surface area (Å²) in [5.74, 6) is 1.81. The highest BCUT2D eigenvalue weighted by Gasteiger charge is 2.26. The van der Waals surface area contributed by atoms with Gasteiger partial charge in [-0.15, -0.1) is 0 Å². The molecule has 2 atom stereocenters. The van der Waals surface area contributed by atoms with Crippen LogP contribution in [0.1, 0.15) is 19.3 Å². The van der Waals surface area contributed by atoms with Gasteiger partial charge in [-0.3, -0.25) is 0 Å². The van der Waals surface area contributed by atoms with E-state index in [-0.39, 0.29) is 0 Å². The van der Waals surface area contributed by atoms with Crippen molar-refractivity contribution in [1.29, 1.82) is 0 Å². The first-order valence-electron chi connectivity index (χ1n) is 3.80. The van der Waals surface area contributed by atoms with Crippen molar-refractivity contribution in [3.8, 4) is 0 Å². The van der Waals surface area contributed by atoms with Crippen LogP contribution in [0.3, 0.4) is 0 Å². The van der Waals surface area contributed by atoms with Gasteiger partial charge in [-0.05, 0) is 31.1 Å². The maximum absolute atomic E-state index is 2.38. The third-order valence-corrected chi connectivity index (χ3v) is 2.42. The van der Waals surface area contributed by atoms with Crippen molar-refractivity contribution in [2.45, 2.75) is 19.3 Å². The van der Waals surface area contributed by atoms with Gasteiger partial charge in [0, 0.05) is 0 Å². The van der Waals surface area contributed by atoms with Gasteiger partial charge in [0.05, 0.1) is 0 Å². The number of hydrogen-bond donors (Lipinski definition) is 0. The lowest BCUT2D eigenvalue weighted by Gasteiger charge is -2.31. The predicted octanol–water partition coefficient (Wildman–Crippen LogP) is 2.53. The third kappa shape index (κ3) is 0.827. The summed E-state index contributed by atoms with van der Waals surface area (Å²) >= 11 is 0. The molecule has 2 aliphatic carbocycles. The molecule has 0 nitrogen and oxygen atoms in total. The summed E-state index contributed by atoms with van der Waals surface area (Å²) in [4.78, 5) is 0. The first-order chi connectivity index (χ1) is 4.47. The van der Waals surface area contributed by atoms with Crippen LogP contribution in [0.25, 0.3) is 0 Å². The number of hydrogen-bond acceptors (Lipinski definition) is 0. The van der Waals surface area contributed by atoms with Crippen LogP contribution in [0.15, 0.2) is 24.3 Å².